The van der Waals surface area contributed by atoms with E-state index in [1.54, 1.807) is 12.1 Å². The molecule has 2 aromatic carbocycles. The molecule has 0 amide bonds. The van der Waals surface area contributed by atoms with E-state index < -0.39 is 28.2 Å². The summed E-state index contributed by atoms with van der Waals surface area (Å²) in [6, 6.07) is 14.4. The van der Waals surface area contributed by atoms with E-state index in [-0.39, 0.29) is 5.52 Å². The molecule has 30 heavy (non-hydrogen) atoms. The Kier molecular flexibility index (Phi) is 5.53. The Bertz CT molecular complexity index is 1060. The van der Waals surface area contributed by atoms with Gasteiger partial charge in [0.05, 0.1) is 10.9 Å². The van der Waals surface area contributed by atoms with E-state index in [4.69, 9.17) is 0 Å². The van der Waals surface area contributed by atoms with Crippen LogP contribution in [0.15, 0.2) is 54.6 Å². The number of benzene rings is 2. The molecule has 160 valence electrons. The Labute approximate surface area is 177 Å². The van der Waals surface area contributed by atoms with Crippen LogP contribution in [0.1, 0.15) is 5.56 Å². The monoisotopic (exact) mass is 448 g/mol. The van der Waals surface area contributed by atoms with E-state index in [9.17, 15) is 18.4 Å². The van der Waals surface area contributed by atoms with Crippen LogP contribution in [0, 0.1) is 5.21 Å². The number of nitrogens with zero attached hydrogens (tertiary/aromatic N) is 2. The Morgan fingerprint density at radius 3 is 1.90 bits per heavy atom. The highest BCUT2D eigenvalue weighted by Gasteiger charge is 2.38. The van der Waals surface area contributed by atoms with Crippen molar-refractivity contribution in [3.8, 4) is 11.3 Å². The van der Waals surface area contributed by atoms with Gasteiger partial charge >= 0.3 is 6.18 Å². The summed E-state index contributed by atoms with van der Waals surface area (Å²) in [5, 5.41) is 13.8. The third kappa shape index (κ3) is 4.25. The van der Waals surface area contributed by atoms with Gasteiger partial charge in [-0.15, -0.1) is 0 Å². The first-order valence-electron chi connectivity index (χ1n) is 9.84. The molecule has 1 heterocycles. The van der Waals surface area contributed by atoms with E-state index >= 15 is 0 Å². The third-order valence-corrected chi connectivity index (χ3v) is 12.2. The first-order valence-corrected chi connectivity index (χ1v) is 16.7. The van der Waals surface area contributed by atoms with Gasteiger partial charge in [-0.05, 0) is 24.3 Å². The summed E-state index contributed by atoms with van der Waals surface area (Å²) in [4.78, 5) is 0. The van der Waals surface area contributed by atoms with Crippen LogP contribution in [0.5, 0.6) is 0 Å². The van der Waals surface area contributed by atoms with Gasteiger partial charge in [-0.2, -0.15) is 17.9 Å². The molecule has 3 aromatic rings. The highest BCUT2D eigenvalue weighted by atomic mass is 28.4. The van der Waals surface area contributed by atoms with E-state index in [0.29, 0.717) is 21.4 Å². The maximum atomic E-state index is 13.4. The Morgan fingerprint density at radius 2 is 1.40 bits per heavy atom. The molecule has 0 aliphatic heterocycles. The largest absolute Gasteiger partial charge is 0.618 e. The van der Waals surface area contributed by atoms with E-state index in [1.807, 2.05) is 24.3 Å². The van der Waals surface area contributed by atoms with Crippen molar-refractivity contribution in [2.24, 2.45) is 0 Å². The van der Waals surface area contributed by atoms with Gasteiger partial charge < -0.3 is 9.44 Å². The highest BCUT2D eigenvalue weighted by Crippen LogP contribution is 2.38. The summed E-state index contributed by atoms with van der Waals surface area (Å²) in [6.45, 7) is 13.3. The van der Waals surface area contributed by atoms with Crippen molar-refractivity contribution in [2.45, 2.75) is 45.5 Å². The predicted molar refractivity (Wildman–Crippen MR) is 123 cm³/mol. The standard InChI is InChI=1S/C22H27F3N2OSi2/c1-29(2,3)27(30(4,5)6)21-15-19(16-10-8-7-9-11-16)26(28)20-14-17(22(23,24)25)12-13-18(20)21/h7-15H,1-6H3. The van der Waals surface area contributed by atoms with Crippen molar-refractivity contribution >= 4 is 33.1 Å². The topological polar surface area (TPSA) is 30.2 Å². The normalized spacial score (nSPS) is 13.0. The van der Waals surface area contributed by atoms with Crippen LogP contribution in [0.2, 0.25) is 39.3 Å². The maximum Gasteiger partial charge on any atom is 0.416 e. The van der Waals surface area contributed by atoms with Crippen LogP contribution >= 0.6 is 0 Å². The maximum absolute atomic E-state index is 13.4. The average Bonchev–Trinajstić information content (AvgIpc) is 2.61. The molecule has 3 rings (SSSR count). The Balaban J connectivity index is 2.46. The van der Waals surface area contributed by atoms with Gasteiger partial charge in [0.2, 0.25) is 11.2 Å². The van der Waals surface area contributed by atoms with Gasteiger partial charge in [0.15, 0.2) is 0 Å². The fraction of sp³-hybridized carbons (Fsp3) is 0.318. The fourth-order valence-electron chi connectivity index (χ4n) is 4.21. The van der Waals surface area contributed by atoms with Crippen molar-refractivity contribution in [2.75, 3.05) is 4.23 Å². The minimum absolute atomic E-state index is 0.0441. The molecule has 1 aromatic heterocycles. The van der Waals surface area contributed by atoms with Gasteiger partial charge in [0, 0.05) is 23.4 Å². The van der Waals surface area contributed by atoms with Crippen LogP contribution in [-0.2, 0) is 6.18 Å². The zero-order valence-electron chi connectivity index (χ0n) is 18.1. The van der Waals surface area contributed by atoms with Gasteiger partial charge in [0.1, 0.15) is 16.5 Å². The molecule has 0 unspecified atom stereocenters. The second-order valence-corrected chi connectivity index (χ2v) is 19.5. The Morgan fingerprint density at radius 1 is 0.833 bits per heavy atom. The number of fused-ring (bicyclic) bond motifs is 1. The number of pyridine rings is 1. The van der Waals surface area contributed by atoms with Gasteiger partial charge in [0.25, 0.3) is 0 Å². The predicted octanol–water partition coefficient (Wildman–Crippen LogP) is 6.64. The van der Waals surface area contributed by atoms with Crippen LogP contribution in [0.4, 0.5) is 18.9 Å². The van der Waals surface area contributed by atoms with Crippen molar-refractivity contribution in [1.29, 1.82) is 0 Å². The zero-order chi connectivity index (χ0) is 22.5. The summed E-state index contributed by atoms with van der Waals surface area (Å²) in [5.74, 6) is 0. The molecule has 0 bridgehead atoms. The molecule has 3 nitrogen and oxygen atoms in total. The molecular formula is C22H27F3N2OSi2. The fourth-order valence-corrected chi connectivity index (χ4v) is 14.1. The lowest BCUT2D eigenvalue weighted by molar-refractivity contribution is -0.565. The number of hydrogen-bond donors (Lipinski definition) is 0. The molecule has 0 spiro atoms. The summed E-state index contributed by atoms with van der Waals surface area (Å²) in [7, 11) is -3.82. The molecular weight excluding hydrogens is 421 g/mol. The molecule has 0 saturated heterocycles. The molecule has 0 atom stereocenters. The van der Waals surface area contributed by atoms with Gasteiger partial charge in [-0.3, -0.25) is 0 Å². The SMILES string of the molecule is C[Si](C)(C)N(c1cc(-c2ccccc2)[n+]([O-])c2cc(C(F)(F)F)ccc12)[Si](C)(C)C. The lowest BCUT2D eigenvalue weighted by Gasteiger charge is -2.46. The van der Waals surface area contributed by atoms with Gasteiger partial charge in [-0.1, -0.05) is 57.5 Å². The third-order valence-electron chi connectivity index (χ3n) is 4.96. The average molecular weight is 449 g/mol. The van der Waals surface area contributed by atoms with E-state index in [2.05, 4.69) is 43.5 Å². The molecule has 0 aliphatic carbocycles. The van der Waals surface area contributed by atoms with Crippen LogP contribution in [0.3, 0.4) is 0 Å². The molecule has 0 radical (unpaired) electrons. The minimum Gasteiger partial charge on any atom is -0.618 e. The molecule has 0 N–H and O–H groups in total. The van der Waals surface area contributed by atoms with E-state index in [1.165, 1.54) is 6.07 Å². The first-order chi connectivity index (χ1) is 13.7. The smallest absolute Gasteiger partial charge is 0.416 e. The zero-order valence-corrected chi connectivity index (χ0v) is 20.1. The van der Waals surface area contributed by atoms with Crippen molar-refractivity contribution in [1.82, 2.24) is 0 Å². The molecule has 0 fully saturated rings. The lowest BCUT2D eigenvalue weighted by Crippen LogP contribution is -2.59. The van der Waals surface area contributed by atoms with Crippen LogP contribution in [-0.4, -0.2) is 16.5 Å². The quantitative estimate of drug-likeness (QED) is 0.255. The van der Waals surface area contributed by atoms with E-state index in [0.717, 1.165) is 17.8 Å². The van der Waals surface area contributed by atoms with Crippen molar-refractivity contribution < 1.29 is 17.9 Å². The lowest BCUT2D eigenvalue weighted by atomic mass is 10.1. The van der Waals surface area contributed by atoms with Crippen LogP contribution < -0.4 is 8.96 Å². The number of anilines is 1. The first kappa shape index (κ1) is 22.4. The second kappa shape index (κ2) is 7.42. The number of hydrogen-bond acceptors (Lipinski definition) is 2. The highest BCUT2D eigenvalue weighted by molar-refractivity contribution is 6.99. The molecule has 0 saturated carbocycles. The molecule has 8 heteroatoms. The van der Waals surface area contributed by atoms with Crippen molar-refractivity contribution in [3.05, 3.63) is 65.4 Å². The molecule has 0 aliphatic rings. The number of halogens is 3. The summed E-state index contributed by atoms with van der Waals surface area (Å²) >= 11 is 0. The summed E-state index contributed by atoms with van der Waals surface area (Å²) < 4.78 is 43.3. The Hall–Kier alpha value is -2.33. The minimum atomic E-state index is -4.51. The second-order valence-electron chi connectivity index (χ2n) is 9.48. The number of rotatable bonds is 4. The van der Waals surface area contributed by atoms with Crippen molar-refractivity contribution in [3.63, 3.8) is 0 Å². The van der Waals surface area contributed by atoms with Crippen LogP contribution in [0.25, 0.3) is 22.2 Å². The number of alkyl halides is 3. The summed E-state index contributed by atoms with van der Waals surface area (Å²) in [6.07, 6.45) is -4.51. The number of aromatic nitrogens is 1. The summed E-state index contributed by atoms with van der Waals surface area (Å²) in [5.41, 5.74) is 1.12. The van der Waals surface area contributed by atoms with Gasteiger partial charge in [-0.25, -0.2) is 0 Å².